The van der Waals surface area contributed by atoms with Gasteiger partial charge in [0.15, 0.2) is 0 Å². The molecule has 0 aliphatic carbocycles. The fraction of sp³-hybridized carbons (Fsp3) is 0.500. The largest absolute Gasteiger partial charge is 0.322 e. The van der Waals surface area contributed by atoms with E-state index >= 15 is 0 Å². The third kappa shape index (κ3) is 2.14. The van der Waals surface area contributed by atoms with Gasteiger partial charge in [0.05, 0.1) is 0 Å². The standard InChI is InChI=1S/C12H20N2/c1-12(2,14(3)4)11(13)10-8-6-5-7-9-10/h5-9,11H,13H2,1-4H3/i3D2. The van der Waals surface area contributed by atoms with E-state index in [0.717, 1.165) is 5.56 Å². The minimum Gasteiger partial charge on any atom is -0.322 e. The van der Waals surface area contributed by atoms with E-state index in [1.54, 1.807) is 11.9 Å². The van der Waals surface area contributed by atoms with E-state index < -0.39 is 12.5 Å². The van der Waals surface area contributed by atoms with Gasteiger partial charge in [0.25, 0.3) is 0 Å². The Bertz CT molecular complexity index is 325. The topological polar surface area (TPSA) is 29.3 Å². The maximum Gasteiger partial charge on any atom is 0.0476 e. The van der Waals surface area contributed by atoms with Gasteiger partial charge in [-0.25, -0.2) is 0 Å². The maximum atomic E-state index is 7.43. The second kappa shape index (κ2) is 4.11. The first-order valence-corrected chi connectivity index (χ1v) is 4.75. The second-order valence-corrected chi connectivity index (χ2v) is 4.15. The van der Waals surface area contributed by atoms with Gasteiger partial charge in [0, 0.05) is 14.3 Å². The molecule has 0 saturated heterocycles. The van der Waals surface area contributed by atoms with Crippen LogP contribution in [0.1, 0.15) is 28.2 Å². The molecule has 2 nitrogen and oxygen atoms in total. The molecule has 78 valence electrons. The molecule has 1 unspecified atom stereocenters. The summed E-state index contributed by atoms with van der Waals surface area (Å²) >= 11 is 0. The van der Waals surface area contributed by atoms with Gasteiger partial charge in [-0.1, -0.05) is 30.3 Å². The molecule has 1 rings (SSSR count). The van der Waals surface area contributed by atoms with Gasteiger partial charge in [0.2, 0.25) is 0 Å². The lowest BCUT2D eigenvalue weighted by molar-refractivity contribution is 0.159. The van der Waals surface area contributed by atoms with Crippen molar-refractivity contribution in [3.63, 3.8) is 0 Å². The Hall–Kier alpha value is -0.860. The van der Waals surface area contributed by atoms with Crippen LogP contribution in [0.4, 0.5) is 0 Å². The van der Waals surface area contributed by atoms with Crippen molar-refractivity contribution >= 4 is 0 Å². The van der Waals surface area contributed by atoms with Crippen LogP contribution in [-0.4, -0.2) is 24.5 Å². The number of likely N-dealkylation sites (N-methyl/N-ethyl adjacent to an activating group) is 1. The fourth-order valence-corrected chi connectivity index (χ4v) is 1.29. The molecule has 1 aromatic rings. The molecular weight excluding hydrogens is 172 g/mol. The molecule has 0 aliphatic rings. The first-order valence-electron chi connectivity index (χ1n) is 5.91. The van der Waals surface area contributed by atoms with Gasteiger partial charge in [-0.3, -0.25) is 0 Å². The van der Waals surface area contributed by atoms with E-state index in [4.69, 9.17) is 8.48 Å². The zero-order valence-electron chi connectivity index (χ0n) is 11.1. The van der Waals surface area contributed by atoms with Crippen LogP contribution in [-0.2, 0) is 0 Å². The first-order chi connectivity index (χ1) is 7.37. The molecule has 2 N–H and O–H groups in total. The molecule has 0 aromatic heterocycles. The summed E-state index contributed by atoms with van der Waals surface area (Å²) in [6, 6.07) is 9.59. The molecule has 0 spiro atoms. The lowest BCUT2D eigenvalue weighted by Gasteiger charge is -2.38. The molecule has 0 fully saturated rings. The monoisotopic (exact) mass is 194 g/mol. The van der Waals surface area contributed by atoms with Crippen molar-refractivity contribution in [3.05, 3.63) is 35.9 Å². The van der Waals surface area contributed by atoms with Gasteiger partial charge in [-0.15, -0.1) is 0 Å². The number of hydrogen-bond acceptors (Lipinski definition) is 2. The normalized spacial score (nSPS) is 16.7. The van der Waals surface area contributed by atoms with E-state index in [0.29, 0.717) is 0 Å². The number of benzene rings is 1. The summed E-state index contributed by atoms with van der Waals surface area (Å²) in [6.07, 6.45) is 0. The molecule has 0 saturated carbocycles. The van der Waals surface area contributed by atoms with Crippen LogP contribution in [0.5, 0.6) is 0 Å². The third-order valence-electron chi connectivity index (χ3n) is 2.83. The highest BCUT2D eigenvalue weighted by Gasteiger charge is 2.29. The van der Waals surface area contributed by atoms with Gasteiger partial charge in [0.1, 0.15) is 0 Å². The molecule has 2 heteroatoms. The number of hydrogen-bond donors (Lipinski definition) is 1. The van der Waals surface area contributed by atoms with Gasteiger partial charge < -0.3 is 10.6 Å². The first kappa shape index (κ1) is 8.45. The predicted octanol–water partition coefficient (Wildman–Crippen LogP) is 2.03. The van der Waals surface area contributed by atoms with Crippen LogP contribution in [0.15, 0.2) is 30.3 Å². The Morgan fingerprint density at radius 2 is 1.93 bits per heavy atom. The lowest BCUT2D eigenvalue weighted by atomic mass is 9.88. The average Bonchev–Trinajstić information content (AvgIpc) is 2.28. The van der Waals surface area contributed by atoms with Gasteiger partial charge in [-0.2, -0.15) is 0 Å². The van der Waals surface area contributed by atoms with Crippen LogP contribution in [0.2, 0.25) is 0 Å². The highest BCUT2D eigenvalue weighted by atomic mass is 15.2. The predicted molar refractivity (Wildman–Crippen MR) is 61.1 cm³/mol. The van der Waals surface area contributed by atoms with Crippen molar-refractivity contribution in [2.45, 2.75) is 25.4 Å². The minimum atomic E-state index is -1.01. The van der Waals surface area contributed by atoms with Crippen molar-refractivity contribution in [2.24, 2.45) is 5.73 Å². The minimum absolute atomic E-state index is 0.211. The molecular formula is C12H20N2. The second-order valence-electron chi connectivity index (χ2n) is 4.15. The molecule has 14 heavy (non-hydrogen) atoms. The summed E-state index contributed by atoms with van der Waals surface area (Å²) in [4.78, 5) is 1.66. The van der Waals surface area contributed by atoms with Crippen LogP contribution in [0.25, 0.3) is 0 Å². The van der Waals surface area contributed by atoms with Gasteiger partial charge >= 0.3 is 0 Å². The van der Waals surface area contributed by atoms with Crippen molar-refractivity contribution in [2.75, 3.05) is 14.0 Å². The molecule has 0 bridgehead atoms. The Morgan fingerprint density at radius 3 is 2.43 bits per heavy atom. The Balaban J connectivity index is 2.92. The number of nitrogens with zero attached hydrogens (tertiary/aromatic N) is 1. The summed E-state index contributed by atoms with van der Waals surface area (Å²) in [5.74, 6) is 0. The quantitative estimate of drug-likeness (QED) is 0.797. The van der Waals surface area contributed by atoms with Crippen molar-refractivity contribution in [1.29, 1.82) is 0 Å². The van der Waals surface area contributed by atoms with Crippen molar-refractivity contribution < 1.29 is 2.74 Å². The third-order valence-corrected chi connectivity index (χ3v) is 2.83. The van der Waals surface area contributed by atoms with E-state index in [9.17, 15) is 0 Å². The smallest absolute Gasteiger partial charge is 0.0476 e. The van der Waals surface area contributed by atoms with Gasteiger partial charge in [-0.05, 0) is 33.5 Å². The number of rotatable bonds is 3. The lowest BCUT2D eigenvalue weighted by Crippen LogP contribution is -2.47. The highest BCUT2D eigenvalue weighted by Crippen LogP contribution is 2.26. The molecule has 0 aliphatic heterocycles. The van der Waals surface area contributed by atoms with E-state index in [1.165, 1.54) is 0 Å². The Kier molecular flexibility index (Phi) is 2.48. The zero-order chi connectivity index (χ0) is 12.3. The average molecular weight is 194 g/mol. The zero-order valence-corrected chi connectivity index (χ0v) is 9.07. The Morgan fingerprint density at radius 1 is 1.36 bits per heavy atom. The molecule has 0 heterocycles. The fourth-order valence-electron chi connectivity index (χ4n) is 1.29. The maximum absolute atomic E-state index is 7.43. The SMILES string of the molecule is [2H]C([2H])N(C)C(C)(C)C(N)c1ccccc1. The summed E-state index contributed by atoms with van der Waals surface area (Å²) in [5, 5.41) is 0. The summed E-state index contributed by atoms with van der Waals surface area (Å²) < 4.78 is 14.9. The summed E-state index contributed by atoms with van der Waals surface area (Å²) in [6.45, 7) is 2.91. The molecule has 1 atom stereocenters. The highest BCUT2D eigenvalue weighted by molar-refractivity contribution is 5.21. The van der Waals surface area contributed by atoms with Crippen LogP contribution in [0.3, 0.4) is 0 Å². The summed E-state index contributed by atoms with van der Waals surface area (Å²) in [7, 11) is 1.76. The van der Waals surface area contributed by atoms with Crippen molar-refractivity contribution in [3.8, 4) is 0 Å². The molecule has 1 aromatic carbocycles. The van der Waals surface area contributed by atoms with E-state index in [2.05, 4.69) is 0 Å². The van der Waals surface area contributed by atoms with Crippen LogP contribution < -0.4 is 5.73 Å². The summed E-state index contributed by atoms with van der Waals surface area (Å²) in [5.41, 5.74) is 6.81. The van der Waals surface area contributed by atoms with E-state index in [1.807, 2.05) is 44.2 Å². The number of nitrogens with two attached hydrogens (primary N) is 1. The molecule has 0 amide bonds. The van der Waals surface area contributed by atoms with E-state index in [-0.39, 0.29) is 6.04 Å². The Labute approximate surface area is 89.5 Å². The molecule has 0 radical (unpaired) electrons. The van der Waals surface area contributed by atoms with Crippen LogP contribution >= 0.6 is 0 Å². The van der Waals surface area contributed by atoms with Crippen molar-refractivity contribution in [1.82, 2.24) is 4.90 Å². The van der Waals surface area contributed by atoms with Crippen LogP contribution in [0, 0.1) is 0 Å².